The van der Waals surface area contributed by atoms with Gasteiger partial charge < -0.3 is 9.47 Å². The van der Waals surface area contributed by atoms with Crippen molar-refractivity contribution in [3.63, 3.8) is 0 Å². The number of amides is 1. The Balaban J connectivity index is 1.89. The molecule has 1 N–H and O–H groups in total. The van der Waals surface area contributed by atoms with E-state index in [9.17, 15) is 4.79 Å². The maximum atomic E-state index is 13.1. The van der Waals surface area contributed by atoms with Crippen LogP contribution in [-0.2, 0) is 0 Å². The Hall–Kier alpha value is -2.80. The summed E-state index contributed by atoms with van der Waals surface area (Å²) in [5.41, 5.74) is 3.94. The van der Waals surface area contributed by atoms with Gasteiger partial charge in [0.1, 0.15) is 0 Å². The van der Waals surface area contributed by atoms with Gasteiger partial charge in [-0.3, -0.25) is 14.8 Å². The summed E-state index contributed by atoms with van der Waals surface area (Å²) in [5, 5.41) is 7.18. The second kappa shape index (κ2) is 6.74. The zero-order chi connectivity index (χ0) is 19.1. The molecule has 1 atom stereocenters. The van der Waals surface area contributed by atoms with Crippen LogP contribution in [0.3, 0.4) is 0 Å². The van der Waals surface area contributed by atoms with Crippen LogP contribution in [0.2, 0.25) is 0 Å². The molecule has 27 heavy (non-hydrogen) atoms. The lowest BCUT2D eigenvalue weighted by atomic mass is 9.98. The van der Waals surface area contributed by atoms with Crippen LogP contribution in [0.5, 0.6) is 11.5 Å². The van der Waals surface area contributed by atoms with Crippen LogP contribution in [-0.4, -0.2) is 30.3 Å². The first-order chi connectivity index (χ1) is 13.0. The Kier molecular flexibility index (Phi) is 4.39. The number of hydrogen-bond donors (Lipinski definition) is 1. The van der Waals surface area contributed by atoms with Gasteiger partial charge in [0.25, 0.3) is 5.91 Å². The summed E-state index contributed by atoms with van der Waals surface area (Å²) < 4.78 is 11.8. The molecule has 0 saturated carbocycles. The van der Waals surface area contributed by atoms with E-state index in [2.05, 4.69) is 26.1 Å². The number of aryl methyl sites for hydroxylation is 1. The molecule has 0 spiro atoms. The fourth-order valence-corrected chi connectivity index (χ4v) is 3.77. The highest BCUT2D eigenvalue weighted by molar-refractivity contribution is 9.10. The molecular weight excluding hydrogens is 410 g/mol. The van der Waals surface area contributed by atoms with Gasteiger partial charge in [-0.2, -0.15) is 5.10 Å². The minimum atomic E-state index is -0.299. The van der Waals surface area contributed by atoms with Crippen molar-refractivity contribution in [3.8, 4) is 11.5 Å². The van der Waals surface area contributed by atoms with E-state index in [1.807, 2.05) is 49.4 Å². The normalized spacial score (nSPS) is 15.8. The summed E-state index contributed by atoms with van der Waals surface area (Å²) in [5.74, 6) is 1.13. The zero-order valence-corrected chi connectivity index (χ0v) is 16.7. The van der Waals surface area contributed by atoms with Gasteiger partial charge in [0.2, 0.25) is 0 Å². The molecule has 0 unspecified atom stereocenters. The van der Waals surface area contributed by atoms with Crippen LogP contribution in [0.1, 0.15) is 33.4 Å². The molecule has 0 radical (unpaired) electrons. The smallest absolute Gasteiger partial charge is 0.279 e. The van der Waals surface area contributed by atoms with Crippen LogP contribution >= 0.6 is 15.9 Å². The van der Waals surface area contributed by atoms with E-state index in [0.29, 0.717) is 17.2 Å². The molecule has 1 aliphatic heterocycles. The fourth-order valence-electron chi connectivity index (χ4n) is 3.50. The lowest BCUT2D eigenvalue weighted by Gasteiger charge is -2.27. The predicted octanol–water partition coefficient (Wildman–Crippen LogP) is 4.25. The first-order valence-corrected chi connectivity index (χ1v) is 9.20. The fraction of sp³-hybridized carbons (Fsp3) is 0.200. The van der Waals surface area contributed by atoms with Gasteiger partial charge in [0, 0.05) is 21.4 Å². The Morgan fingerprint density at radius 3 is 2.44 bits per heavy atom. The average Bonchev–Trinajstić information content (AvgIpc) is 3.20. The molecule has 1 amide bonds. The number of H-pyrrole nitrogens is 1. The van der Waals surface area contributed by atoms with E-state index in [1.54, 1.807) is 19.1 Å². The molecule has 1 aliphatic rings. The van der Waals surface area contributed by atoms with E-state index in [-0.39, 0.29) is 11.9 Å². The van der Waals surface area contributed by atoms with E-state index < -0.39 is 0 Å². The molecule has 1 aromatic heterocycles. The van der Waals surface area contributed by atoms with E-state index in [0.717, 1.165) is 27.0 Å². The molecule has 2 heterocycles. The van der Waals surface area contributed by atoms with Crippen molar-refractivity contribution >= 4 is 27.5 Å². The van der Waals surface area contributed by atoms with Crippen LogP contribution < -0.4 is 14.4 Å². The molecule has 6 nitrogen and oxygen atoms in total. The SMILES string of the molecule is COc1ccc([C@@H]2c3c(n[nH]c3C)C(=O)N2c2ccc(Br)cc2)cc1OC. The molecule has 4 rings (SSSR count). The van der Waals surface area contributed by atoms with Crippen molar-refractivity contribution in [1.29, 1.82) is 0 Å². The van der Waals surface area contributed by atoms with Gasteiger partial charge in [0.05, 0.1) is 20.3 Å². The van der Waals surface area contributed by atoms with Crippen LogP contribution in [0.15, 0.2) is 46.9 Å². The molecular formula is C20H18BrN3O3. The van der Waals surface area contributed by atoms with Gasteiger partial charge in [-0.15, -0.1) is 0 Å². The van der Waals surface area contributed by atoms with Gasteiger partial charge in [-0.25, -0.2) is 0 Å². The largest absolute Gasteiger partial charge is 0.493 e. The second-order valence-electron chi connectivity index (χ2n) is 6.28. The summed E-state index contributed by atoms with van der Waals surface area (Å²) in [7, 11) is 3.20. The Bertz CT molecular complexity index is 1010. The quantitative estimate of drug-likeness (QED) is 0.675. The molecule has 0 aliphatic carbocycles. The standard InChI is InChI=1S/C20H18BrN3O3/c1-11-17-18(23-22-11)20(25)24(14-7-5-13(21)6-8-14)19(17)12-4-9-15(26-2)16(10-12)27-3/h4-10,19H,1-3H3,(H,22,23)/t19-/m1/s1. The summed E-state index contributed by atoms with van der Waals surface area (Å²) >= 11 is 3.45. The van der Waals surface area contributed by atoms with Crippen LogP contribution in [0, 0.1) is 6.92 Å². The van der Waals surface area contributed by atoms with Crippen molar-refractivity contribution in [1.82, 2.24) is 10.2 Å². The molecule has 138 valence electrons. The molecule has 0 bridgehead atoms. The van der Waals surface area contributed by atoms with Crippen LogP contribution in [0.4, 0.5) is 5.69 Å². The summed E-state index contributed by atoms with van der Waals surface area (Å²) in [6.45, 7) is 1.93. The van der Waals surface area contributed by atoms with E-state index in [4.69, 9.17) is 9.47 Å². The molecule has 7 heteroatoms. The number of methoxy groups -OCH3 is 2. The third-order valence-corrected chi connectivity index (χ3v) is 5.30. The number of aromatic nitrogens is 2. The Morgan fingerprint density at radius 2 is 1.78 bits per heavy atom. The number of nitrogens with one attached hydrogen (secondary N) is 1. The van der Waals surface area contributed by atoms with Crippen molar-refractivity contribution < 1.29 is 14.3 Å². The lowest BCUT2D eigenvalue weighted by molar-refractivity contribution is 0.0988. The average molecular weight is 428 g/mol. The van der Waals surface area contributed by atoms with Crippen LogP contribution in [0.25, 0.3) is 0 Å². The third kappa shape index (κ3) is 2.78. The van der Waals surface area contributed by atoms with E-state index in [1.165, 1.54) is 0 Å². The number of benzene rings is 2. The number of nitrogens with zero attached hydrogens (tertiary/aromatic N) is 2. The summed E-state index contributed by atoms with van der Waals surface area (Å²) in [6.07, 6.45) is 0. The number of carbonyl (C=O) groups excluding carboxylic acids is 1. The summed E-state index contributed by atoms with van der Waals surface area (Å²) in [4.78, 5) is 14.9. The van der Waals surface area contributed by atoms with Crippen molar-refractivity contribution in [3.05, 3.63) is 69.5 Å². The number of aromatic amines is 1. The number of hydrogen-bond acceptors (Lipinski definition) is 4. The highest BCUT2D eigenvalue weighted by atomic mass is 79.9. The molecule has 2 aromatic carbocycles. The van der Waals surface area contributed by atoms with Gasteiger partial charge >= 0.3 is 0 Å². The molecule has 3 aromatic rings. The number of halogens is 1. The lowest BCUT2D eigenvalue weighted by Crippen LogP contribution is -2.29. The van der Waals surface area contributed by atoms with E-state index >= 15 is 0 Å². The van der Waals surface area contributed by atoms with Gasteiger partial charge in [0.15, 0.2) is 17.2 Å². The van der Waals surface area contributed by atoms with Crippen molar-refractivity contribution in [2.45, 2.75) is 13.0 Å². The molecule has 0 saturated heterocycles. The number of fused-ring (bicyclic) bond motifs is 1. The van der Waals surface area contributed by atoms with Crippen molar-refractivity contribution in [2.75, 3.05) is 19.1 Å². The zero-order valence-electron chi connectivity index (χ0n) is 15.1. The topological polar surface area (TPSA) is 67.5 Å². The minimum absolute atomic E-state index is 0.128. The molecule has 0 fully saturated rings. The van der Waals surface area contributed by atoms with Gasteiger partial charge in [-0.05, 0) is 48.9 Å². The monoisotopic (exact) mass is 427 g/mol. The highest BCUT2D eigenvalue weighted by Crippen LogP contribution is 2.44. The van der Waals surface area contributed by atoms with Gasteiger partial charge in [-0.1, -0.05) is 22.0 Å². The van der Waals surface area contributed by atoms with Crippen molar-refractivity contribution in [2.24, 2.45) is 0 Å². The predicted molar refractivity (Wildman–Crippen MR) is 106 cm³/mol. The first kappa shape index (κ1) is 17.6. The number of anilines is 1. The Labute approximate surface area is 165 Å². The third-order valence-electron chi connectivity index (χ3n) is 4.78. The number of ether oxygens (including phenoxy) is 2. The number of carbonyl (C=O) groups is 1. The second-order valence-corrected chi connectivity index (χ2v) is 7.20. The minimum Gasteiger partial charge on any atom is -0.493 e. The maximum absolute atomic E-state index is 13.1. The highest BCUT2D eigenvalue weighted by Gasteiger charge is 2.42. The Morgan fingerprint density at radius 1 is 1.07 bits per heavy atom. The maximum Gasteiger partial charge on any atom is 0.279 e. The number of rotatable bonds is 4. The summed E-state index contributed by atoms with van der Waals surface area (Å²) in [6, 6.07) is 13.1. The first-order valence-electron chi connectivity index (χ1n) is 8.41.